The predicted octanol–water partition coefficient (Wildman–Crippen LogP) is 4.72. The third-order valence-corrected chi connectivity index (χ3v) is 6.41. The first-order chi connectivity index (χ1) is 16.2. The Morgan fingerprint density at radius 3 is 2.59 bits per heavy atom. The molecule has 1 aliphatic heterocycles. The minimum atomic E-state index is -4.45. The molecule has 2 fully saturated rings. The number of piperidine rings is 1. The van der Waals surface area contributed by atoms with Crippen molar-refractivity contribution in [1.82, 2.24) is 19.9 Å². The van der Waals surface area contributed by atoms with Crippen molar-refractivity contribution < 1.29 is 22.4 Å². The molecule has 4 heterocycles. The molecule has 6 nitrogen and oxygen atoms in total. The largest absolute Gasteiger partial charge is 0.417 e. The lowest BCUT2D eigenvalue weighted by Gasteiger charge is -2.34. The van der Waals surface area contributed by atoms with Crippen LogP contribution in [0.2, 0.25) is 0 Å². The minimum absolute atomic E-state index is 0.0162. The number of hydrogen-bond donors (Lipinski definition) is 1. The quantitative estimate of drug-likeness (QED) is 0.558. The lowest BCUT2D eigenvalue weighted by Crippen LogP contribution is -2.48. The highest BCUT2D eigenvalue weighted by Gasteiger charge is 2.47. The molecule has 5 rings (SSSR count). The molecule has 1 aliphatic carbocycles. The summed E-state index contributed by atoms with van der Waals surface area (Å²) in [6, 6.07) is 8.05. The maximum Gasteiger partial charge on any atom is 0.417 e. The van der Waals surface area contributed by atoms with Crippen molar-refractivity contribution in [2.45, 2.75) is 38.0 Å². The van der Waals surface area contributed by atoms with Gasteiger partial charge in [0.15, 0.2) is 5.82 Å². The van der Waals surface area contributed by atoms with Crippen LogP contribution in [0.5, 0.6) is 0 Å². The van der Waals surface area contributed by atoms with E-state index in [1.807, 2.05) is 0 Å². The summed E-state index contributed by atoms with van der Waals surface area (Å²) in [5.41, 5.74) is 0.292. The molecule has 0 spiro atoms. The number of anilines is 1. The first-order valence-corrected chi connectivity index (χ1v) is 10.9. The van der Waals surface area contributed by atoms with Crippen LogP contribution in [-0.4, -0.2) is 44.4 Å². The highest BCUT2D eigenvalue weighted by Crippen LogP contribution is 2.40. The summed E-state index contributed by atoms with van der Waals surface area (Å²) in [7, 11) is 0. The molecule has 2 bridgehead atoms. The van der Waals surface area contributed by atoms with Crippen molar-refractivity contribution in [3.8, 4) is 11.4 Å². The van der Waals surface area contributed by atoms with Crippen LogP contribution in [0.25, 0.3) is 11.4 Å². The van der Waals surface area contributed by atoms with Gasteiger partial charge in [0, 0.05) is 30.7 Å². The van der Waals surface area contributed by atoms with E-state index in [0.717, 1.165) is 25.1 Å². The number of pyridine rings is 3. The fourth-order valence-electron chi connectivity index (χ4n) is 4.88. The van der Waals surface area contributed by atoms with Crippen LogP contribution in [0.1, 0.15) is 34.5 Å². The molecule has 1 saturated carbocycles. The first kappa shape index (κ1) is 22.2. The van der Waals surface area contributed by atoms with Crippen LogP contribution in [0.4, 0.5) is 23.4 Å². The number of fused-ring (bicyclic) bond motifs is 2. The lowest BCUT2D eigenvalue weighted by molar-refractivity contribution is -0.137. The number of aryl methyl sites for hydroxylation is 1. The number of alkyl halides is 3. The maximum atomic E-state index is 14.5. The summed E-state index contributed by atoms with van der Waals surface area (Å²) in [6.45, 7) is 2.31. The number of rotatable bonds is 4. The van der Waals surface area contributed by atoms with Gasteiger partial charge in [-0.15, -0.1) is 0 Å². The number of amides is 1. The molecule has 1 saturated heterocycles. The zero-order chi connectivity index (χ0) is 24.0. The predicted molar refractivity (Wildman–Crippen MR) is 116 cm³/mol. The molecule has 3 atom stereocenters. The molecule has 0 aromatic carbocycles. The van der Waals surface area contributed by atoms with Crippen molar-refractivity contribution in [3.05, 3.63) is 71.4 Å². The van der Waals surface area contributed by atoms with Gasteiger partial charge in [-0.25, -0.2) is 9.37 Å². The van der Waals surface area contributed by atoms with Gasteiger partial charge in [-0.2, -0.15) is 13.2 Å². The molecule has 3 aromatic rings. The highest BCUT2D eigenvalue weighted by molar-refractivity contribution is 6.00. The molecule has 1 amide bonds. The van der Waals surface area contributed by atoms with Crippen molar-refractivity contribution in [2.24, 2.45) is 5.92 Å². The summed E-state index contributed by atoms with van der Waals surface area (Å²) >= 11 is 0. The molecule has 0 radical (unpaired) electrons. The Kier molecular flexibility index (Phi) is 5.45. The van der Waals surface area contributed by atoms with Crippen LogP contribution in [0.15, 0.2) is 48.8 Å². The Balaban J connectivity index is 1.39. The van der Waals surface area contributed by atoms with Crippen LogP contribution in [0, 0.1) is 18.7 Å². The second kappa shape index (κ2) is 8.34. The fourth-order valence-corrected chi connectivity index (χ4v) is 4.88. The second-order valence-electron chi connectivity index (χ2n) is 8.73. The van der Waals surface area contributed by atoms with E-state index < -0.39 is 17.6 Å². The van der Waals surface area contributed by atoms with Gasteiger partial charge in [-0.05, 0) is 62.1 Å². The average molecular weight is 471 g/mol. The molecule has 1 N–H and O–H groups in total. The molecule has 2 aliphatic rings. The topological polar surface area (TPSA) is 71.0 Å². The molecule has 34 heavy (non-hydrogen) atoms. The number of hydrogen-bond acceptors (Lipinski definition) is 5. The van der Waals surface area contributed by atoms with E-state index in [1.165, 1.54) is 24.4 Å². The standard InChI is InChI=1S/C24H21F4N5O/c1-13-4-6-16(21(31-13)22-17(25)3-2-8-29-22)23(34)33-12-14-9-18(19(33)10-14)32-20-7-5-15(11-30-20)24(26,27)28/h2-8,11,14,18-19H,9-10,12H2,1H3,(H,30,32)/t14-,18+,19-/m0/s1. The molecular formula is C24H21F4N5O. The van der Waals surface area contributed by atoms with Crippen LogP contribution in [0.3, 0.4) is 0 Å². The van der Waals surface area contributed by atoms with E-state index >= 15 is 0 Å². The summed E-state index contributed by atoms with van der Waals surface area (Å²) in [5, 5.41) is 3.19. The number of likely N-dealkylation sites (tertiary alicyclic amines) is 1. The van der Waals surface area contributed by atoms with Crippen LogP contribution < -0.4 is 5.32 Å². The van der Waals surface area contributed by atoms with E-state index in [9.17, 15) is 22.4 Å². The van der Waals surface area contributed by atoms with Crippen LogP contribution in [-0.2, 0) is 6.18 Å². The third-order valence-electron chi connectivity index (χ3n) is 6.41. The molecule has 176 valence electrons. The summed E-state index contributed by atoms with van der Waals surface area (Å²) in [6.07, 6.45) is -0.648. The first-order valence-electron chi connectivity index (χ1n) is 10.9. The van der Waals surface area contributed by atoms with Crippen LogP contribution >= 0.6 is 0 Å². The SMILES string of the molecule is Cc1ccc(C(=O)N2C[C@H]3C[C@@H](Nc4ccc(C(F)(F)F)cn4)[C@@H]2C3)c(-c2ncccc2F)n1. The van der Waals surface area contributed by atoms with E-state index in [0.29, 0.717) is 18.1 Å². The Bertz CT molecular complexity index is 1230. The van der Waals surface area contributed by atoms with E-state index in [-0.39, 0.29) is 40.9 Å². The van der Waals surface area contributed by atoms with Crippen molar-refractivity contribution in [1.29, 1.82) is 0 Å². The van der Waals surface area contributed by atoms with Gasteiger partial charge in [0.2, 0.25) is 0 Å². The van der Waals surface area contributed by atoms with E-state index in [2.05, 4.69) is 20.3 Å². The van der Waals surface area contributed by atoms with Gasteiger partial charge in [0.1, 0.15) is 17.2 Å². The summed E-state index contributed by atoms with van der Waals surface area (Å²) < 4.78 is 52.9. The average Bonchev–Trinajstić information content (AvgIpc) is 3.39. The van der Waals surface area contributed by atoms with E-state index in [4.69, 9.17) is 0 Å². The summed E-state index contributed by atoms with van der Waals surface area (Å²) in [4.78, 5) is 27.7. The Morgan fingerprint density at radius 1 is 1.09 bits per heavy atom. The minimum Gasteiger partial charge on any atom is -0.365 e. The fraction of sp³-hybridized carbons (Fsp3) is 0.333. The smallest absolute Gasteiger partial charge is 0.365 e. The second-order valence-corrected chi connectivity index (χ2v) is 8.73. The maximum absolute atomic E-state index is 14.5. The van der Waals surface area contributed by atoms with Gasteiger partial charge < -0.3 is 10.2 Å². The lowest BCUT2D eigenvalue weighted by atomic mass is 10.0. The number of nitrogens with one attached hydrogen (secondary N) is 1. The van der Waals surface area contributed by atoms with Gasteiger partial charge in [0.05, 0.1) is 17.2 Å². The number of carbonyl (C=O) groups is 1. The van der Waals surface area contributed by atoms with Gasteiger partial charge in [-0.1, -0.05) is 0 Å². The van der Waals surface area contributed by atoms with Gasteiger partial charge >= 0.3 is 6.18 Å². The zero-order valence-electron chi connectivity index (χ0n) is 18.2. The Morgan fingerprint density at radius 2 is 1.91 bits per heavy atom. The van der Waals surface area contributed by atoms with Gasteiger partial charge in [-0.3, -0.25) is 14.8 Å². The normalized spacial score (nSPS) is 21.7. The molecule has 3 aromatic heterocycles. The van der Waals surface area contributed by atoms with Crippen molar-refractivity contribution in [2.75, 3.05) is 11.9 Å². The number of halogens is 4. The van der Waals surface area contributed by atoms with Crippen molar-refractivity contribution >= 4 is 11.7 Å². The third kappa shape index (κ3) is 4.08. The molecule has 10 heteroatoms. The van der Waals surface area contributed by atoms with Gasteiger partial charge in [0.25, 0.3) is 5.91 Å². The Hall–Kier alpha value is -3.56. The number of nitrogens with zero attached hydrogens (tertiary/aromatic N) is 4. The van der Waals surface area contributed by atoms with Crippen molar-refractivity contribution in [3.63, 3.8) is 0 Å². The van der Waals surface area contributed by atoms with E-state index in [1.54, 1.807) is 24.0 Å². The highest BCUT2D eigenvalue weighted by atomic mass is 19.4. The molecular weight excluding hydrogens is 450 g/mol. The molecule has 0 unspecified atom stereocenters. The summed E-state index contributed by atoms with van der Waals surface area (Å²) in [5.74, 6) is -0.252. The zero-order valence-corrected chi connectivity index (χ0v) is 18.2. The monoisotopic (exact) mass is 471 g/mol. The number of carbonyl (C=O) groups excluding carboxylic acids is 1. The Labute approximate surface area is 193 Å². The number of aromatic nitrogens is 3.